The molecule has 0 radical (unpaired) electrons. The second-order valence-electron chi connectivity index (χ2n) is 10.0. The van der Waals surface area contributed by atoms with Crippen LogP contribution in [0.1, 0.15) is 31.9 Å². The van der Waals surface area contributed by atoms with E-state index in [4.69, 9.17) is 18.1 Å². The van der Waals surface area contributed by atoms with Gasteiger partial charge >= 0.3 is 15.9 Å². The molecular formula is C39H41N2O6P2+. The minimum absolute atomic E-state index is 0. The van der Waals surface area contributed by atoms with Crippen LogP contribution in [0, 0.1) is 6.92 Å². The van der Waals surface area contributed by atoms with Crippen LogP contribution in [0.25, 0.3) is 0 Å². The van der Waals surface area contributed by atoms with Crippen molar-refractivity contribution in [1.82, 2.24) is 4.98 Å². The van der Waals surface area contributed by atoms with Crippen LogP contribution in [0.15, 0.2) is 170 Å². The molecule has 6 aromatic rings. The molecular weight excluding hydrogens is 654 g/mol. The van der Waals surface area contributed by atoms with Crippen molar-refractivity contribution in [3.63, 3.8) is 0 Å². The summed E-state index contributed by atoms with van der Waals surface area (Å²) in [5.74, 6) is 1.19. The molecule has 0 aliphatic heterocycles. The topological polar surface area (TPSA) is 96.0 Å². The lowest BCUT2D eigenvalue weighted by Crippen LogP contribution is -2.18. The van der Waals surface area contributed by atoms with E-state index < -0.39 is 21.6 Å². The molecule has 0 aliphatic rings. The van der Waals surface area contributed by atoms with Gasteiger partial charge in [-0.2, -0.15) is 0 Å². The molecule has 0 spiro atoms. The Balaban J connectivity index is 0.000000307. The molecule has 1 unspecified atom stereocenters. The van der Waals surface area contributed by atoms with Crippen molar-refractivity contribution < 1.29 is 27.2 Å². The maximum absolute atomic E-state index is 14.4. The molecule has 10 heteroatoms. The number of hydrogen-bond donors (Lipinski definition) is 1. The molecule has 0 saturated carbocycles. The number of nitrogens with zero attached hydrogens (tertiary/aromatic N) is 1. The minimum Gasteiger partial charge on any atom is -0.414 e. The lowest BCUT2D eigenvalue weighted by molar-refractivity contribution is 0.376. The first-order valence-electron chi connectivity index (χ1n) is 14.7. The summed E-state index contributed by atoms with van der Waals surface area (Å²) < 4.78 is 48.2. The van der Waals surface area contributed by atoms with Crippen molar-refractivity contribution in [3.8, 4) is 23.0 Å². The number of aryl methyl sites for hydroxylation is 1. The molecule has 0 fully saturated rings. The first kappa shape index (κ1) is 38.0. The van der Waals surface area contributed by atoms with Gasteiger partial charge in [0, 0.05) is 27.7 Å². The van der Waals surface area contributed by atoms with Gasteiger partial charge in [0.25, 0.3) is 0 Å². The summed E-state index contributed by atoms with van der Waals surface area (Å²) in [6.07, 6.45) is 1.70. The van der Waals surface area contributed by atoms with Gasteiger partial charge in [-0.3, -0.25) is 4.98 Å². The van der Waals surface area contributed by atoms with E-state index in [-0.39, 0.29) is 14.9 Å². The zero-order valence-electron chi connectivity index (χ0n) is 25.5. The first-order chi connectivity index (χ1) is 23.0. The lowest BCUT2D eigenvalue weighted by Gasteiger charge is -2.29. The van der Waals surface area contributed by atoms with Gasteiger partial charge in [0.1, 0.15) is 11.5 Å². The van der Waals surface area contributed by atoms with Crippen LogP contribution in [0.2, 0.25) is 0 Å². The largest absolute Gasteiger partial charge is 0.805 e. The summed E-state index contributed by atoms with van der Waals surface area (Å²) in [6, 6.07) is 49.3. The Labute approximate surface area is 290 Å². The Bertz CT molecular complexity index is 1760. The Morgan fingerprint density at radius 1 is 0.571 bits per heavy atom. The van der Waals surface area contributed by atoms with Crippen LogP contribution in [0.5, 0.6) is 23.0 Å². The van der Waals surface area contributed by atoms with Gasteiger partial charge in [-0.05, 0) is 73.7 Å². The van der Waals surface area contributed by atoms with E-state index >= 15 is 0 Å². The number of aromatic nitrogens is 1. The van der Waals surface area contributed by atoms with Crippen molar-refractivity contribution in [2.24, 2.45) is 0 Å². The highest BCUT2D eigenvalue weighted by Crippen LogP contribution is 2.60. The fourth-order valence-corrected chi connectivity index (χ4v) is 6.74. The molecule has 5 aromatic carbocycles. The second kappa shape index (κ2) is 19.4. The van der Waals surface area contributed by atoms with E-state index in [1.165, 1.54) is 0 Å². The molecule has 0 amide bonds. The third-order valence-electron chi connectivity index (χ3n) is 6.44. The van der Waals surface area contributed by atoms with Crippen molar-refractivity contribution in [1.29, 1.82) is 0 Å². The Hall–Kier alpha value is -5.42. The molecule has 0 aliphatic carbocycles. The molecule has 6 rings (SSSR count). The van der Waals surface area contributed by atoms with Crippen LogP contribution < -0.4 is 23.4 Å². The van der Waals surface area contributed by atoms with E-state index in [9.17, 15) is 9.13 Å². The van der Waals surface area contributed by atoms with Gasteiger partial charge < -0.3 is 14.4 Å². The standard InChI is InChI=1S/C25H23N2O3P.C12H10O3P.2CH4/c1-20-17-18-21(19-26-20)25(27-22-11-5-2-6-12-22)31(28,29-23-13-7-3-8-14-23)30-24-15-9-4-10-16-24;13-16(14-11-7-3-1-4-8-11)15-12-9-5-2-6-10-12;;/h2-19,25,27H,1H3;1-10H;2*1H4/q;+1;;. The van der Waals surface area contributed by atoms with Crippen LogP contribution in [0.3, 0.4) is 0 Å². The maximum atomic E-state index is 14.4. The zero-order valence-corrected chi connectivity index (χ0v) is 27.3. The number of nitrogens with one attached hydrogen (secondary N) is 1. The van der Waals surface area contributed by atoms with Crippen LogP contribution in [-0.4, -0.2) is 4.98 Å². The minimum atomic E-state index is -3.83. The van der Waals surface area contributed by atoms with E-state index in [1.807, 2.05) is 97.9 Å². The number of hydrogen-bond acceptors (Lipinski definition) is 8. The third-order valence-corrected chi connectivity index (χ3v) is 9.15. The lowest BCUT2D eigenvalue weighted by atomic mass is 10.2. The number of anilines is 1. The summed E-state index contributed by atoms with van der Waals surface area (Å²) >= 11 is 0. The highest BCUT2D eigenvalue weighted by Gasteiger charge is 2.41. The molecule has 1 heterocycles. The molecule has 0 bridgehead atoms. The van der Waals surface area contributed by atoms with Gasteiger partial charge in [-0.1, -0.05) is 112 Å². The molecule has 1 atom stereocenters. The van der Waals surface area contributed by atoms with Gasteiger partial charge in [-0.25, -0.2) is 13.6 Å². The van der Waals surface area contributed by atoms with Crippen LogP contribution in [-0.2, 0) is 9.13 Å². The quantitative estimate of drug-likeness (QED) is 0.126. The zero-order chi connectivity index (χ0) is 32.7. The number of para-hydroxylation sites is 5. The maximum Gasteiger partial charge on any atom is 0.805 e. The summed E-state index contributed by atoms with van der Waals surface area (Å²) in [4.78, 5) is 4.40. The fourth-order valence-electron chi connectivity index (χ4n) is 4.21. The monoisotopic (exact) mass is 695 g/mol. The van der Waals surface area contributed by atoms with Crippen LogP contribution >= 0.6 is 15.9 Å². The molecule has 1 aromatic heterocycles. The number of pyridine rings is 1. The van der Waals surface area contributed by atoms with Gasteiger partial charge in [0.15, 0.2) is 17.3 Å². The number of rotatable bonds is 12. The summed E-state index contributed by atoms with van der Waals surface area (Å²) in [6.45, 7) is 1.91. The Morgan fingerprint density at radius 3 is 1.35 bits per heavy atom. The van der Waals surface area contributed by atoms with E-state index in [2.05, 4.69) is 10.3 Å². The normalized spacial score (nSPS) is 10.7. The third kappa shape index (κ3) is 12.0. The summed E-state index contributed by atoms with van der Waals surface area (Å²) in [7, 11) is -6.01. The van der Waals surface area contributed by atoms with Gasteiger partial charge in [0.2, 0.25) is 0 Å². The van der Waals surface area contributed by atoms with Crippen LogP contribution in [0.4, 0.5) is 5.69 Å². The number of benzene rings is 5. The van der Waals surface area contributed by atoms with E-state index in [0.717, 1.165) is 11.4 Å². The van der Waals surface area contributed by atoms with Crippen molar-refractivity contribution in [2.45, 2.75) is 27.6 Å². The molecule has 1 N–H and O–H groups in total. The predicted octanol–water partition coefficient (Wildman–Crippen LogP) is 11.9. The summed E-state index contributed by atoms with van der Waals surface area (Å²) in [5, 5.41) is 3.34. The smallest absolute Gasteiger partial charge is 0.414 e. The van der Waals surface area contributed by atoms with E-state index in [0.29, 0.717) is 28.6 Å². The Morgan fingerprint density at radius 2 is 0.959 bits per heavy atom. The molecule has 49 heavy (non-hydrogen) atoms. The summed E-state index contributed by atoms with van der Waals surface area (Å²) in [5.41, 5.74) is 2.36. The van der Waals surface area contributed by atoms with E-state index in [1.54, 1.807) is 79.0 Å². The van der Waals surface area contributed by atoms with Crippen molar-refractivity contribution in [2.75, 3.05) is 5.32 Å². The fraction of sp³-hybridized carbons (Fsp3) is 0.103. The molecule has 252 valence electrons. The average Bonchev–Trinajstić information content (AvgIpc) is 3.10. The van der Waals surface area contributed by atoms with Crippen molar-refractivity contribution in [3.05, 3.63) is 181 Å². The molecule has 8 nitrogen and oxygen atoms in total. The highest BCUT2D eigenvalue weighted by molar-refractivity contribution is 7.55. The second-order valence-corrected chi connectivity index (χ2v) is 12.8. The first-order valence-corrected chi connectivity index (χ1v) is 17.4. The van der Waals surface area contributed by atoms with Gasteiger partial charge in [0.05, 0.1) is 0 Å². The van der Waals surface area contributed by atoms with Crippen molar-refractivity contribution >= 4 is 21.5 Å². The average molecular weight is 696 g/mol. The SMILES string of the molecule is C.C.Cc1ccc(C(Nc2ccccc2)P(=O)(Oc2ccccc2)Oc2ccccc2)cn1.O=[P+](Oc1ccccc1)Oc1ccccc1. The Kier molecular flexibility index (Phi) is 15.1. The molecule has 0 saturated heterocycles. The van der Waals surface area contributed by atoms with Gasteiger partial charge in [-0.15, -0.1) is 0 Å². The predicted molar refractivity (Wildman–Crippen MR) is 199 cm³/mol. The highest BCUT2D eigenvalue weighted by atomic mass is 31.2.